The van der Waals surface area contributed by atoms with E-state index in [9.17, 15) is 5.11 Å². The fourth-order valence-electron chi connectivity index (χ4n) is 4.78. The molecule has 0 aromatic heterocycles. The molecule has 6 atom stereocenters. The fourth-order valence-corrected chi connectivity index (χ4v) is 4.78. The third kappa shape index (κ3) is 2.26. The molecule has 1 saturated carbocycles. The zero-order valence-electron chi connectivity index (χ0n) is 14.8. The van der Waals surface area contributed by atoms with Gasteiger partial charge in [-0.15, -0.1) is 0 Å². The number of hydrogen-bond acceptors (Lipinski definition) is 4. The van der Waals surface area contributed by atoms with Crippen molar-refractivity contribution in [3.05, 3.63) is 23.8 Å². The number of fused-ring (bicyclic) bond motifs is 3. The van der Waals surface area contributed by atoms with Gasteiger partial charge in [0.25, 0.3) is 0 Å². The summed E-state index contributed by atoms with van der Waals surface area (Å²) in [5.41, 5.74) is 0.623. The van der Waals surface area contributed by atoms with E-state index in [2.05, 4.69) is 26.5 Å². The van der Waals surface area contributed by atoms with Gasteiger partial charge in [0.15, 0.2) is 12.6 Å². The lowest BCUT2D eigenvalue weighted by Crippen LogP contribution is -2.61. The van der Waals surface area contributed by atoms with Crippen molar-refractivity contribution in [3.63, 3.8) is 0 Å². The lowest BCUT2D eigenvalue weighted by Gasteiger charge is -2.56. The smallest absolute Gasteiger partial charge is 0.194 e. The molecule has 130 valence electrons. The molecule has 1 saturated heterocycles. The summed E-state index contributed by atoms with van der Waals surface area (Å²) in [6.45, 7) is 13.7. The van der Waals surface area contributed by atoms with Crippen molar-refractivity contribution in [1.29, 1.82) is 0 Å². The van der Waals surface area contributed by atoms with Crippen molar-refractivity contribution in [3.8, 4) is 0 Å². The predicted molar refractivity (Wildman–Crippen MR) is 88.7 cm³/mol. The second-order valence-corrected chi connectivity index (χ2v) is 7.36. The van der Waals surface area contributed by atoms with Crippen LogP contribution in [0.3, 0.4) is 0 Å². The summed E-state index contributed by atoms with van der Waals surface area (Å²) in [5.74, 6) is 0.758. The summed E-state index contributed by atoms with van der Waals surface area (Å²) in [6, 6.07) is 0. The highest BCUT2D eigenvalue weighted by Crippen LogP contribution is 2.62. The van der Waals surface area contributed by atoms with E-state index in [1.165, 1.54) is 5.57 Å². The molecule has 1 aliphatic heterocycles. The van der Waals surface area contributed by atoms with Gasteiger partial charge in [0.2, 0.25) is 0 Å². The first-order valence-electron chi connectivity index (χ1n) is 8.90. The summed E-state index contributed by atoms with van der Waals surface area (Å²) in [4.78, 5) is 0. The number of ether oxygens (including phenoxy) is 3. The minimum Gasteiger partial charge on any atom is -0.379 e. The summed E-state index contributed by atoms with van der Waals surface area (Å²) in [7, 11) is 0. The van der Waals surface area contributed by atoms with Crippen LogP contribution in [-0.4, -0.2) is 36.5 Å². The molecule has 0 radical (unpaired) electrons. The zero-order valence-corrected chi connectivity index (χ0v) is 14.8. The SMILES string of the molecule is C=C1[C@@H](C)CC[C@@]2(C)[C@H]1CC=C1[C@@H](OCC)O[C@@H](OCC)[C@@]12O. The lowest BCUT2D eigenvalue weighted by atomic mass is 9.51. The van der Waals surface area contributed by atoms with Crippen LogP contribution in [0.1, 0.15) is 47.0 Å². The van der Waals surface area contributed by atoms with Crippen LogP contribution in [0.5, 0.6) is 0 Å². The van der Waals surface area contributed by atoms with E-state index in [4.69, 9.17) is 14.2 Å². The Morgan fingerprint density at radius 3 is 2.70 bits per heavy atom. The Morgan fingerprint density at radius 2 is 2.04 bits per heavy atom. The van der Waals surface area contributed by atoms with E-state index >= 15 is 0 Å². The molecule has 0 bridgehead atoms. The minimum atomic E-state index is -1.14. The molecule has 4 nitrogen and oxygen atoms in total. The Morgan fingerprint density at radius 1 is 1.35 bits per heavy atom. The second kappa shape index (κ2) is 5.99. The van der Waals surface area contributed by atoms with Gasteiger partial charge >= 0.3 is 0 Å². The Bertz CT molecular complexity index is 513. The topological polar surface area (TPSA) is 47.9 Å². The molecule has 4 heteroatoms. The van der Waals surface area contributed by atoms with Gasteiger partial charge in [0, 0.05) is 24.2 Å². The van der Waals surface area contributed by atoms with Crippen LogP contribution in [0.2, 0.25) is 0 Å². The maximum atomic E-state index is 11.8. The van der Waals surface area contributed by atoms with Gasteiger partial charge in [-0.1, -0.05) is 32.1 Å². The Balaban J connectivity index is 2.05. The normalized spacial score (nSPS) is 46.3. The molecule has 0 unspecified atom stereocenters. The monoisotopic (exact) mass is 322 g/mol. The van der Waals surface area contributed by atoms with Gasteiger partial charge in [-0.3, -0.25) is 0 Å². The second-order valence-electron chi connectivity index (χ2n) is 7.36. The van der Waals surface area contributed by atoms with Crippen molar-refractivity contribution in [2.75, 3.05) is 13.2 Å². The summed E-state index contributed by atoms with van der Waals surface area (Å²) in [6.07, 6.45) is 3.80. The van der Waals surface area contributed by atoms with Gasteiger partial charge in [-0.05, 0) is 44.9 Å². The molecule has 1 N–H and O–H groups in total. The van der Waals surface area contributed by atoms with Crippen LogP contribution in [0, 0.1) is 17.3 Å². The van der Waals surface area contributed by atoms with Crippen LogP contribution in [0.15, 0.2) is 23.8 Å². The molecular formula is C19H30O4. The number of allylic oxidation sites excluding steroid dienone is 2. The van der Waals surface area contributed by atoms with Crippen molar-refractivity contribution >= 4 is 0 Å². The number of aliphatic hydroxyl groups is 1. The predicted octanol–water partition coefficient (Wildman–Crippen LogP) is 3.41. The van der Waals surface area contributed by atoms with Crippen molar-refractivity contribution in [2.45, 2.75) is 65.1 Å². The molecule has 0 amide bonds. The highest BCUT2D eigenvalue weighted by atomic mass is 16.8. The van der Waals surface area contributed by atoms with E-state index in [1.807, 2.05) is 13.8 Å². The molecule has 0 spiro atoms. The molecule has 1 heterocycles. The maximum absolute atomic E-state index is 11.8. The van der Waals surface area contributed by atoms with E-state index in [-0.39, 0.29) is 11.3 Å². The van der Waals surface area contributed by atoms with E-state index < -0.39 is 18.2 Å². The van der Waals surface area contributed by atoms with Gasteiger partial charge < -0.3 is 19.3 Å². The molecule has 3 aliphatic rings. The highest BCUT2D eigenvalue weighted by molar-refractivity contribution is 5.37. The number of hydrogen-bond donors (Lipinski definition) is 1. The summed E-state index contributed by atoms with van der Waals surface area (Å²) < 4.78 is 17.5. The Kier molecular flexibility index (Phi) is 4.47. The average molecular weight is 322 g/mol. The van der Waals surface area contributed by atoms with Crippen LogP contribution < -0.4 is 0 Å². The van der Waals surface area contributed by atoms with Crippen LogP contribution in [0.25, 0.3) is 0 Å². The standard InChI is InChI=1S/C19H30O4/c1-6-21-16-15-9-8-14-13(4)12(3)10-11-18(14,5)19(15,20)17(23-16)22-7-2/h9,12,14,16-17,20H,4,6-8,10-11H2,1-3,5H3/t12-,14-,16-,17+,18-,19-/m0/s1. The quantitative estimate of drug-likeness (QED) is 0.806. The van der Waals surface area contributed by atoms with E-state index in [0.29, 0.717) is 19.1 Å². The van der Waals surface area contributed by atoms with Gasteiger partial charge in [0.05, 0.1) is 0 Å². The largest absolute Gasteiger partial charge is 0.379 e. The van der Waals surface area contributed by atoms with Gasteiger partial charge in [-0.2, -0.15) is 0 Å². The first kappa shape index (κ1) is 17.2. The lowest BCUT2D eigenvalue weighted by molar-refractivity contribution is -0.259. The van der Waals surface area contributed by atoms with Crippen molar-refractivity contribution in [1.82, 2.24) is 0 Å². The molecule has 3 rings (SSSR count). The van der Waals surface area contributed by atoms with Gasteiger partial charge in [-0.25, -0.2) is 0 Å². The maximum Gasteiger partial charge on any atom is 0.194 e. The highest BCUT2D eigenvalue weighted by Gasteiger charge is 2.67. The van der Waals surface area contributed by atoms with Crippen molar-refractivity contribution < 1.29 is 19.3 Å². The molecule has 0 aromatic rings. The summed E-state index contributed by atoms with van der Waals surface area (Å²) >= 11 is 0. The third-order valence-corrected chi connectivity index (χ3v) is 6.31. The summed E-state index contributed by atoms with van der Waals surface area (Å²) in [5, 5.41) is 11.8. The van der Waals surface area contributed by atoms with Crippen molar-refractivity contribution in [2.24, 2.45) is 17.3 Å². The van der Waals surface area contributed by atoms with E-state index in [1.54, 1.807) is 0 Å². The third-order valence-electron chi connectivity index (χ3n) is 6.31. The Hall–Kier alpha value is -0.680. The molecule has 0 aromatic carbocycles. The molecule has 2 fully saturated rings. The molecule has 2 aliphatic carbocycles. The van der Waals surface area contributed by atoms with Gasteiger partial charge in [0.1, 0.15) is 5.60 Å². The minimum absolute atomic E-state index is 0.256. The molecule has 23 heavy (non-hydrogen) atoms. The number of rotatable bonds is 4. The average Bonchev–Trinajstić information content (AvgIpc) is 2.79. The Labute approximate surface area is 139 Å². The fraction of sp³-hybridized carbons (Fsp3) is 0.789. The first-order valence-corrected chi connectivity index (χ1v) is 8.90. The zero-order chi connectivity index (χ0) is 16.8. The first-order chi connectivity index (χ1) is 10.9. The van der Waals surface area contributed by atoms with Crippen LogP contribution in [0.4, 0.5) is 0 Å². The van der Waals surface area contributed by atoms with Crippen LogP contribution in [-0.2, 0) is 14.2 Å². The molecular weight excluding hydrogens is 292 g/mol. The van der Waals surface area contributed by atoms with Crippen LogP contribution >= 0.6 is 0 Å². The van der Waals surface area contributed by atoms with E-state index in [0.717, 1.165) is 24.8 Å².